The summed E-state index contributed by atoms with van der Waals surface area (Å²) in [5, 5.41) is 10.6. The maximum absolute atomic E-state index is 5.30. The van der Waals surface area contributed by atoms with Gasteiger partial charge in [0.2, 0.25) is 0 Å². The Labute approximate surface area is 341 Å². The summed E-state index contributed by atoms with van der Waals surface area (Å²) >= 11 is 3.62. The SMILES string of the molecule is c1ccc(-c2nc(-c3ccc4ccccc4c3)nc(-c3cccc4cc(-c5c6sc(-c7ccc8ccccc8c7)nc6cc6sc7ccccc7c56)ccc34)n2)cc1. The van der Waals surface area contributed by atoms with E-state index in [0.29, 0.717) is 17.5 Å². The van der Waals surface area contributed by atoms with Gasteiger partial charge in [0.15, 0.2) is 17.5 Å². The predicted molar refractivity (Wildman–Crippen MR) is 246 cm³/mol. The molecule has 0 aliphatic heterocycles. The minimum Gasteiger partial charge on any atom is -0.236 e. The average Bonchev–Trinajstić information content (AvgIpc) is 3.89. The van der Waals surface area contributed by atoms with Crippen LogP contribution in [0.1, 0.15) is 0 Å². The Morgan fingerprint density at radius 2 is 0.966 bits per heavy atom. The van der Waals surface area contributed by atoms with E-state index in [2.05, 4.69) is 164 Å². The van der Waals surface area contributed by atoms with Crippen LogP contribution in [0.5, 0.6) is 0 Å². The van der Waals surface area contributed by atoms with E-state index >= 15 is 0 Å². The third kappa shape index (κ3) is 5.49. The summed E-state index contributed by atoms with van der Waals surface area (Å²) in [4.78, 5) is 20.6. The zero-order chi connectivity index (χ0) is 38.2. The molecule has 0 spiro atoms. The van der Waals surface area contributed by atoms with Crippen LogP contribution < -0.4 is 0 Å². The molecule has 9 aromatic carbocycles. The zero-order valence-corrected chi connectivity index (χ0v) is 32.6. The molecule has 12 aromatic rings. The van der Waals surface area contributed by atoms with Gasteiger partial charge in [-0.1, -0.05) is 152 Å². The lowest BCUT2D eigenvalue weighted by Crippen LogP contribution is -2.00. The Hall–Kier alpha value is -7.12. The number of thiazole rings is 1. The van der Waals surface area contributed by atoms with Crippen molar-refractivity contribution in [3.05, 3.63) is 182 Å². The number of nitrogens with zero attached hydrogens (tertiary/aromatic N) is 4. The molecule has 0 atom stereocenters. The molecule has 270 valence electrons. The molecule has 58 heavy (non-hydrogen) atoms. The summed E-state index contributed by atoms with van der Waals surface area (Å²) in [6, 6.07) is 64.5. The van der Waals surface area contributed by atoms with Gasteiger partial charge >= 0.3 is 0 Å². The van der Waals surface area contributed by atoms with Gasteiger partial charge in [0.05, 0.1) is 10.2 Å². The molecule has 12 rings (SSSR count). The highest BCUT2D eigenvalue weighted by Gasteiger charge is 2.21. The number of hydrogen-bond donors (Lipinski definition) is 0. The second kappa shape index (κ2) is 13.2. The number of rotatable bonds is 5. The fourth-order valence-corrected chi connectivity index (χ4v) is 10.6. The molecule has 0 amide bonds. The summed E-state index contributed by atoms with van der Waals surface area (Å²) in [5.74, 6) is 1.94. The largest absolute Gasteiger partial charge is 0.236 e. The number of thiophene rings is 1. The fraction of sp³-hybridized carbons (Fsp3) is 0. The molecule has 0 radical (unpaired) electrons. The molecule has 4 nitrogen and oxygen atoms in total. The molecule has 0 saturated heterocycles. The van der Waals surface area contributed by atoms with Gasteiger partial charge in [-0.3, -0.25) is 0 Å². The summed E-state index contributed by atoms with van der Waals surface area (Å²) in [6.07, 6.45) is 0. The van der Waals surface area contributed by atoms with Crippen LogP contribution in [-0.4, -0.2) is 19.9 Å². The smallest absolute Gasteiger partial charge is 0.164 e. The van der Waals surface area contributed by atoms with Gasteiger partial charge < -0.3 is 0 Å². The van der Waals surface area contributed by atoms with Crippen LogP contribution in [0, 0.1) is 0 Å². The van der Waals surface area contributed by atoms with Crippen molar-refractivity contribution in [3.8, 4) is 55.9 Å². The van der Waals surface area contributed by atoms with E-state index in [9.17, 15) is 0 Å². The van der Waals surface area contributed by atoms with Gasteiger partial charge in [0.1, 0.15) is 5.01 Å². The van der Waals surface area contributed by atoms with Crippen molar-refractivity contribution in [2.45, 2.75) is 0 Å². The van der Waals surface area contributed by atoms with Gasteiger partial charge in [-0.2, -0.15) is 0 Å². The van der Waals surface area contributed by atoms with Crippen molar-refractivity contribution in [1.29, 1.82) is 0 Å². The monoisotopic (exact) mass is 774 g/mol. The second-order valence-electron chi connectivity index (χ2n) is 14.6. The van der Waals surface area contributed by atoms with Gasteiger partial charge in [0, 0.05) is 48.0 Å². The van der Waals surface area contributed by atoms with Gasteiger partial charge in [-0.25, -0.2) is 19.9 Å². The molecular formula is C52H30N4S2. The Balaban J connectivity index is 1.05. The van der Waals surface area contributed by atoms with E-state index in [1.54, 1.807) is 11.3 Å². The Morgan fingerprint density at radius 1 is 0.345 bits per heavy atom. The minimum absolute atomic E-state index is 0.645. The third-order valence-electron chi connectivity index (χ3n) is 11.1. The first-order valence-electron chi connectivity index (χ1n) is 19.3. The van der Waals surface area contributed by atoms with Crippen molar-refractivity contribution in [2.75, 3.05) is 0 Å². The molecule has 6 heteroatoms. The van der Waals surface area contributed by atoms with Gasteiger partial charge in [-0.05, 0) is 68.2 Å². The number of fused-ring (bicyclic) bond motifs is 7. The van der Waals surface area contributed by atoms with Crippen LogP contribution in [0.2, 0.25) is 0 Å². The first-order valence-corrected chi connectivity index (χ1v) is 20.9. The maximum Gasteiger partial charge on any atom is 0.164 e. The highest BCUT2D eigenvalue weighted by molar-refractivity contribution is 7.26. The molecule has 3 heterocycles. The first kappa shape index (κ1) is 33.1. The highest BCUT2D eigenvalue weighted by Crippen LogP contribution is 2.48. The summed E-state index contributed by atoms with van der Waals surface area (Å²) < 4.78 is 3.72. The van der Waals surface area contributed by atoms with Gasteiger partial charge in [0.25, 0.3) is 0 Å². The minimum atomic E-state index is 0.645. The molecule has 0 N–H and O–H groups in total. The molecule has 0 aliphatic carbocycles. The van der Waals surface area contributed by atoms with Gasteiger partial charge in [-0.15, -0.1) is 22.7 Å². The molecule has 0 bridgehead atoms. The van der Waals surface area contributed by atoms with Crippen molar-refractivity contribution in [3.63, 3.8) is 0 Å². The number of hydrogen-bond acceptors (Lipinski definition) is 6. The predicted octanol–water partition coefficient (Wildman–Crippen LogP) is 14.6. The van der Waals surface area contributed by atoms with Crippen molar-refractivity contribution >= 4 is 85.4 Å². The Bertz CT molecular complexity index is 3590. The van der Waals surface area contributed by atoms with E-state index < -0.39 is 0 Å². The quantitative estimate of drug-likeness (QED) is 0.175. The van der Waals surface area contributed by atoms with Crippen LogP contribution in [0.4, 0.5) is 0 Å². The first-order chi connectivity index (χ1) is 28.7. The lowest BCUT2D eigenvalue weighted by atomic mass is 9.95. The highest BCUT2D eigenvalue weighted by atomic mass is 32.1. The molecule has 3 aromatic heterocycles. The van der Waals surface area contributed by atoms with Crippen molar-refractivity contribution in [1.82, 2.24) is 19.9 Å². The zero-order valence-electron chi connectivity index (χ0n) is 30.9. The lowest BCUT2D eigenvalue weighted by Gasteiger charge is -2.12. The fourth-order valence-electron chi connectivity index (χ4n) is 8.30. The van der Waals surface area contributed by atoms with E-state index in [-0.39, 0.29) is 0 Å². The second-order valence-corrected chi connectivity index (χ2v) is 16.7. The van der Waals surface area contributed by atoms with E-state index in [1.807, 2.05) is 29.5 Å². The van der Waals surface area contributed by atoms with Crippen LogP contribution in [0.15, 0.2) is 182 Å². The third-order valence-corrected chi connectivity index (χ3v) is 13.4. The summed E-state index contributed by atoms with van der Waals surface area (Å²) in [7, 11) is 0. The molecule has 0 aliphatic rings. The summed E-state index contributed by atoms with van der Waals surface area (Å²) in [5.41, 5.74) is 7.42. The average molecular weight is 775 g/mol. The molecule has 0 fully saturated rings. The lowest BCUT2D eigenvalue weighted by molar-refractivity contribution is 1.08. The van der Waals surface area contributed by atoms with Crippen molar-refractivity contribution in [2.24, 2.45) is 0 Å². The maximum atomic E-state index is 5.30. The Kier molecular flexibility index (Phi) is 7.55. The van der Waals surface area contributed by atoms with E-state index in [0.717, 1.165) is 54.5 Å². The normalized spacial score (nSPS) is 11.8. The molecule has 0 unspecified atom stereocenters. The number of aromatic nitrogens is 4. The van der Waals surface area contributed by atoms with Crippen LogP contribution in [0.25, 0.3) is 119 Å². The van der Waals surface area contributed by atoms with E-state index in [4.69, 9.17) is 19.9 Å². The van der Waals surface area contributed by atoms with Crippen LogP contribution in [0.3, 0.4) is 0 Å². The van der Waals surface area contributed by atoms with Crippen LogP contribution >= 0.6 is 22.7 Å². The van der Waals surface area contributed by atoms with E-state index in [1.165, 1.54) is 46.6 Å². The Morgan fingerprint density at radius 3 is 1.78 bits per heavy atom. The topological polar surface area (TPSA) is 51.6 Å². The molecular weight excluding hydrogens is 745 g/mol. The van der Waals surface area contributed by atoms with Crippen LogP contribution in [-0.2, 0) is 0 Å². The number of benzene rings is 9. The summed E-state index contributed by atoms with van der Waals surface area (Å²) in [6.45, 7) is 0. The van der Waals surface area contributed by atoms with Crippen molar-refractivity contribution < 1.29 is 0 Å². The standard InChI is InChI=1S/C52H30N4S2/c1-2-13-33(14-3-1)49-54-50(38-23-21-31-11-4-6-15-34(31)27-38)56-51(55-49)41-19-10-17-36-29-37(25-26-40(36)41)46-47-42-18-8-9-20-44(42)57-45(47)30-43-48(46)58-52(53-43)39-24-22-32-12-5-7-16-35(32)28-39/h1-30H. The molecule has 0 saturated carbocycles.